The molecule has 0 bridgehead atoms. The van der Waals surface area contributed by atoms with E-state index in [-0.39, 0.29) is 17.8 Å². The number of carbonyl (C=O) groups is 1. The second-order valence-electron chi connectivity index (χ2n) is 6.41. The first-order chi connectivity index (χ1) is 11.6. The lowest BCUT2D eigenvalue weighted by atomic mass is 10.0. The SMILES string of the molecule is CN(C)[C@H](C(=O)N(Cc1ccccn1)C1CC1)c1ccccc1F. The van der Waals surface area contributed by atoms with Crippen LogP contribution >= 0.6 is 0 Å². The smallest absolute Gasteiger partial charge is 0.245 e. The molecule has 1 aliphatic rings. The summed E-state index contributed by atoms with van der Waals surface area (Å²) in [5.74, 6) is -0.420. The largest absolute Gasteiger partial charge is 0.332 e. The number of rotatable bonds is 6. The van der Waals surface area contributed by atoms with E-state index in [4.69, 9.17) is 0 Å². The highest BCUT2D eigenvalue weighted by molar-refractivity contribution is 5.84. The van der Waals surface area contributed by atoms with Crippen molar-refractivity contribution in [2.45, 2.75) is 31.5 Å². The molecular weight excluding hydrogens is 305 g/mol. The quantitative estimate of drug-likeness (QED) is 0.818. The van der Waals surface area contributed by atoms with Crippen LogP contribution in [0.15, 0.2) is 48.7 Å². The molecule has 0 spiro atoms. The molecule has 24 heavy (non-hydrogen) atoms. The first kappa shape index (κ1) is 16.6. The maximum Gasteiger partial charge on any atom is 0.245 e. The van der Waals surface area contributed by atoms with Gasteiger partial charge < -0.3 is 4.90 Å². The van der Waals surface area contributed by atoms with Crippen LogP contribution in [0, 0.1) is 5.82 Å². The molecule has 1 aromatic carbocycles. The summed E-state index contributed by atoms with van der Waals surface area (Å²) in [6.45, 7) is 0.461. The van der Waals surface area contributed by atoms with Gasteiger partial charge in [0.15, 0.2) is 0 Å². The van der Waals surface area contributed by atoms with E-state index in [1.165, 1.54) is 6.07 Å². The molecule has 3 rings (SSSR count). The van der Waals surface area contributed by atoms with Crippen LogP contribution in [0.5, 0.6) is 0 Å². The van der Waals surface area contributed by atoms with Crippen LogP contribution in [-0.4, -0.2) is 40.8 Å². The molecule has 0 aliphatic heterocycles. The molecule has 1 atom stereocenters. The lowest BCUT2D eigenvalue weighted by Gasteiger charge is -2.31. The second kappa shape index (κ2) is 7.09. The second-order valence-corrected chi connectivity index (χ2v) is 6.41. The van der Waals surface area contributed by atoms with Gasteiger partial charge in [-0.25, -0.2) is 4.39 Å². The van der Waals surface area contributed by atoms with Crippen molar-refractivity contribution in [3.8, 4) is 0 Å². The Morgan fingerprint density at radius 1 is 1.21 bits per heavy atom. The van der Waals surface area contributed by atoms with E-state index in [9.17, 15) is 9.18 Å². The van der Waals surface area contributed by atoms with E-state index in [0.29, 0.717) is 12.1 Å². The Balaban J connectivity index is 1.88. The first-order valence-corrected chi connectivity index (χ1v) is 8.19. The van der Waals surface area contributed by atoms with Gasteiger partial charge in [-0.3, -0.25) is 14.7 Å². The number of pyridine rings is 1. The monoisotopic (exact) mass is 327 g/mol. The average Bonchev–Trinajstić information content (AvgIpc) is 3.40. The number of hydrogen-bond acceptors (Lipinski definition) is 3. The lowest BCUT2D eigenvalue weighted by Crippen LogP contribution is -2.41. The van der Waals surface area contributed by atoms with E-state index < -0.39 is 6.04 Å². The van der Waals surface area contributed by atoms with Gasteiger partial charge >= 0.3 is 0 Å². The lowest BCUT2D eigenvalue weighted by molar-refractivity contribution is -0.137. The van der Waals surface area contributed by atoms with Crippen LogP contribution in [0.1, 0.15) is 30.1 Å². The molecule has 4 nitrogen and oxygen atoms in total. The Bertz CT molecular complexity index is 701. The Hall–Kier alpha value is -2.27. The van der Waals surface area contributed by atoms with Crippen molar-refractivity contribution in [2.75, 3.05) is 14.1 Å². The van der Waals surface area contributed by atoms with Crippen molar-refractivity contribution in [3.05, 3.63) is 65.7 Å². The molecule has 2 aromatic rings. The minimum atomic E-state index is -0.629. The third kappa shape index (κ3) is 3.62. The summed E-state index contributed by atoms with van der Waals surface area (Å²) < 4.78 is 14.3. The van der Waals surface area contributed by atoms with Gasteiger partial charge in [-0.05, 0) is 45.1 Å². The van der Waals surface area contributed by atoms with E-state index in [0.717, 1.165) is 18.5 Å². The summed E-state index contributed by atoms with van der Waals surface area (Å²) in [7, 11) is 3.61. The molecule has 1 aliphatic carbocycles. The van der Waals surface area contributed by atoms with Gasteiger partial charge in [0, 0.05) is 17.8 Å². The van der Waals surface area contributed by atoms with Gasteiger partial charge in [0.2, 0.25) is 5.91 Å². The number of likely N-dealkylation sites (N-methyl/N-ethyl adjacent to an activating group) is 1. The van der Waals surface area contributed by atoms with Gasteiger partial charge in [-0.15, -0.1) is 0 Å². The summed E-state index contributed by atoms with van der Waals surface area (Å²) in [6.07, 6.45) is 3.72. The Morgan fingerprint density at radius 2 is 1.92 bits per heavy atom. The fourth-order valence-corrected chi connectivity index (χ4v) is 2.93. The molecule has 126 valence electrons. The van der Waals surface area contributed by atoms with Crippen molar-refractivity contribution in [1.29, 1.82) is 0 Å². The van der Waals surface area contributed by atoms with Crippen LogP contribution in [0.25, 0.3) is 0 Å². The fraction of sp³-hybridized carbons (Fsp3) is 0.368. The predicted molar refractivity (Wildman–Crippen MR) is 90.6 cm³/mol. The Kier molecular flexibility index (Phi) is 4.90. The zero-order valence-corrected chi connectivity index (χ0v) is 14.0. The summed E-state index contributed by atoms with van der Waals surface area (Å²) in [5, 5.41) is 0. The first-order valence-electron chi connectivity index (χ1n) is 8.19. The molecule has 1 fully saturated rings. The number of aromatic nitrogens is 1. The molecule has 1 aromatic heterocycles. The molecule has 0 saturated heterocycles. The zero-order valence-electron chi connectivity index (χ0n) is 14.0. The van der Waals surface area contributed by atoms with E-state index >= 15 is 0 Å². The van der Waals surface area contributed by atoms with Crippen molar-refractivity contribution < 1.29 is 9.18 Å². The molecule has 0 N–H and O–H groups in total. The predicted octanol–water partition coefficient (Wildman–Crippen LogP) is 3.01. The molecule has 1 heterocycles. The van der Waals surface area contributed by atoms with Crippen molar-refractivity contribution >= 4 is 5.91 Å². The van der Waals surface area contributed by atoms with Gasteiger partial charge in [0.05, 0.1) is 12.2 Å². The van der Waals surface area contributed by atoms with E-state index in [1.54, 1.807) is 43.4 Å². The number of benzene rings is 1. The van der Waals surface area contributed by atoms with Crippen molar-refractivity contribution in [1.82, 2.24) is 14.8 Å². The standard InChI is InChI=1S/C19H22FN3O/c1-22(2)18(16-8-3-4-9-17(16)20)19(24)23(15-10-11-15)13-14-7-5-6-12-21-14/h3-9,12,15,18H,10-11,13H2,1-2H3/t18-/m0/s1. The number of nitrogens with zero attached hydrogens (tertiary/aromatic N) is 3. The highest BCUT2D eigenvalue weighted by Crippen LogP contribution is 2.32. The van der Waals surface area contributed by atoms with Crippen LogP contribution in [-0.2, 0) is 11.3 Å². The van der Waals surface area contributed by atoms with Crippen LogP contribution in [0.2, 0.25) is 0 Å². The summed E-state index contributed by atoms with van der Waals surface area (Å²) in [6, 6.07) is 11.8. The molecule has 1 amide bonds. The highest BCUT2D eigenvalue weighted by atomic mass is 19.1. The van der Waals surface area contributed by atoms with E-state index in [1.807, 2.05) is 23.1 Å². The molecular formula is C19H22FN3O. The molecule has 5 heteroatoms. The Labute approximate surface area is 141 Å². The summed E-state index contributed by atoms with van der Waals surface area (Å²) in [5.41, 5.74) is 1.27. The topological polar surface area (TPSA) is 36.4 Å². The van der Waals surface area contributed by atoms with Gasteiger partial charge in [-0.2, -0.15) is 0 Å². The number of carbonyl (C=O) groups excluding carboxylic acids is 1. The Morgan fingerprint density at radius 3 is 2.50 bits per heavy atom. The maximum absolute atomic E-state index is 14.3. The number of halogens is 1. The third-order valence-electron chi connectivity index (χ3n) is 4.28. The van der Waals surface area contributed by atoms with E-state index in [2.05, 4.69) is 4.98 Å². The van der Waals surface area contributed by atoms with Crippen LogP contribution in [0.4, 0.5) is 4.39 Å². The molecule has 1 saturated carbocycles. The highest BCUT2D eigenvalue weighted by Gasteiger charge is 2.38. The normalized spacial score (nSPS) is 15.3. The average molecular weight is 327 g/mol. The van der Waals surface area contributed by atoms with Crippen molar-refractivity contribution in [3.63, 3.8) is 0 Å². The van der Waals surface area contributed by atoms with Crippen LogP contribution < -0.4 is 0 Å². The number of hydrogen-bond donors (Lipinski definition) is 0. The minimum Gasteiger partial charge on any atom is -0.332 e. The molecule has 0 unspecified atom stereocenters. The third-order valence-corrected chi connectivity index (χ3v) is 4.28. The van der Waals surface area contributed by atoms with Gasteiger partial charge in [0.25, 0.3) is 0 Å². The summed E-state index contributed by atoms with van der Waals surface area (Å²) in [4.78, 5) is 21.2. The maximum atomic E-state index is 14.3. The van der Waals surface area contributed by atoms with Crippen LogP contribution in [0.3, 0.4) is 0 Å². The van der Waals surface area contributed by atoms with Gasteiger partial charge in [-0.1, -0.05) is 24.3 Å². The fourth-order valence-electron chi connectivity index (χ4n) is 2.93. The summed E-state index contributed by atoms with van der Waals surface area (Å²) >= 11 is 0. The zero-order chi connectivity index (χ0) is 17.1. The minimum absolute atomic E-state index is 0.0711. The molecule has 0 radical (unpaired) electrons. The van der Waals surface area contributed by atoms with Crippen molar-refractivity contribution in [2.24, 2.45) is 0 Å². The van der Waals surface area contributed by atoms with Gasteiger partial charge in [0.1, 0.15) is 11.9 Å². The number of amides is 1.